The summed E-state index contributed by atoms with van der Waals surface area (Å²) < 4.78 is 19.3. The molecule has 1 aromatic carbocycles. The van der Waals surface area contributed by atoms with Crippen LogP contribution in [0.25, 0.3) is 0 Å². The molecule has 0 aliphatic carbocycles. The zero-order chi connectivity index (χ0) is 12.2. The SMILES string of the molecule is CCc1ccc(OP(=O)(O)OC(=O)O)cc1. The molecule has 0 heterocycles. The van der Waals surface area contributed by atoms with Gasteiger partial charge in [-0.1, -0.05) is 19.1 Å². The molecule has 0 aliphatic rings. The predicted molar refractivity (Wildman–Crippen MR) is 55.4 cm³/mol. The summed E-state index contributed by atoms with van der Waals surface area (Å²) in [5, 5.41) is 8.17. The molecule has 0 saturated carbocycles. The number of phosphoric acid groups is 1. The molecule has 0 bridgehead atoms. The van der Waals surface area contributed by atoms with Crippen molar-refractivity contribution >= 4 is 14.0 Å². The molecule has 7 heteroatoms. The van der Waals surface area contributed by atoms with Crippen molar-refractivity contribution in [1.82, 2.24) is 0 Å². The molecule has 1 aromatic rings. The van der Waals surface area contributed by atoms with Gasteiger partial charge >= 0.3 is 14.0 Å². The Bertz CT molecular complexity index is 413. The lowest BCUT2D eigenvalue weighted by Crippen LogP contribution is -2.02. The lowest BCUT2D eigenvalue weighted by molar-refractivity contribution is 0.128. The fraction of sp³-hybridized carbons (Fsp3) is 0.222. The van der Waals surface area contributed by atoms with Crippen LogP contribution in [-0.4, -0.2) is 16.2 Å². The number of phosphoric ester groups is 1. The number of hydrogen-bond acceptors (Lipinski definition) is 4. The zero-order valence-electron chi connectivity index (χ0n) is 8.49. The maximum Gasteiger partial charge on any atom is 0.589 e. The van der Waals surface area contributed by atoms with E-state index in [-0.39, 0.29) is 5.75 Å². The number of carboxylic acid groups (broad SMARTS) is 1. The van der Waals surface area contributed by atoms with Gasteiger partial charge in [0, 0.05) is 0 Å². The van der Waals surface area contributed by atoms with Gasteiger partial charge in [-0.05, 0) is 24.1 Å². The molecule has 2 N–H and O–H groups in total. The summed E-state index contributed by atoms with van der Waals surface area (Å²) >= 11 is 0. The Morgan fingerprint density at radius 1 is 1.38 bits per heavy atom. The summed E-state index contributed by atoms with van der Waals surface area (Å²) in [6, 6.07) is 6.34. The van der Waals surface area contributed by atoms with Gasteiger partial charge in [0.2, 0.25) is 0 Å². The van der Waals surface area contributed by atoms with E-state index in [1.54, 1.807) is 12.1 Å². The standard InChI is InChI=1S/C9H11O6P/c1-2-7-3-5-8(6-4-7)14-16(12,13)15-9(10)11/h3-6H,2H2,1H3,(H,10,11)(H,12,13). The maximum atomic E-state index is 11.1. The highest BCUT2D eigenvalue weighted by Gasteiger charge is 2.27. The Labute approximate surface area is 92.1 Å². The average molecular weight is 246 g/mol. The quantitative estimate of drug-likeness (QED) is 0.792. The van der Waals surface area contributed by atoms with Gasteiger partial charge in [-0.15, -0.1) is 0 Å². The fourth-order valence-electron chi connectivity index (χ4n) is 1.04. The van der Waals surface area contributed by atoms with Crippen LogP contribution in [0.3, 0.4) is 0 Å². The molecule has 6 nitrogen and oxygen atoms in total. The van der Waals surface area contributed by atoms with Gasteiger partial charge in [0.25, 0.3) is 0 Å². The van der Waals surface area contributed by atoms with E-state index in [0.29, 0.717) is 0 Å². The van der Waals surface area contributed by atoms with E-state index >= 15 is 0 Å². The van der Waals surface area contributed by atoms with Crippen LogP contribution >= 0.6 is 7.82 Å². The van der Waals surface area contributed by atoms with Gasteiger partial charge in [0.1, 0.15) is 5.75 Å². The maximum absolute atomic E-state index is 11.1. The monoisotopic (exact) mass is 246 g/mol. The van der Waals surface area contributed by atoms with Crippen molar-refractivity contribution in [3.8, 4) is 5.75 Å². The number of carbonyl (C=O) groups is 1. The largest absolute Gasteiger partial charge is 0.589 e. The van der Waals surface area contributed by atoms with Crippen molar-refractivity contribution < 1.29 is 28.4 Å². The number of aryl methyl sites for hydroxylation is 1. The lowest BCUT2D eigenvalue weighted by Gasteiger charge is -2.10. The van der Waals surface area contributed by atoms with Crippen LogP contribution < -0.4 is 4.52 Å². The van der Waals surface area contributed by atoms with Crippen molar-refractivity contribution in [2.24, 2.45) is 0 Å². The minimum Gasteiger partial charge on any atom is -0.449 e. The van der Waals surface area contributed by atoms with E-state index in [0.717, 1.165) is 12.0 Å². The van der Waals surface area contributed by atoms with Crippen LogP contribution in [-0.2, 0) is 15.5 Å². The molecule has 16 heavy (non-hydrogen) atoms. The van der Waals surface area contributed by atoms with E-state index in [1.807, 2.05) is 6.92 Å². The summed E-state index contributed by atoms with van der Waals surface area (Å²) in [7, 11) is -4.59. The Morgan fingerprint density at radius 3 is 2.38 bits per heavy atom. The molecule has 0 spiro atoms. The fourth-order valence-corrected chi connectivity index (χ4v) is 1.66. The minimum absolute atomic E-state index is 0.0734. The first kappa shape index (κ1) is 12.5. The van der Waals surface area contributed by atoms with Crippen molar-refractivity contribution in [1.29, 1.82) is 0 Å². The molecule has 1 atom stereocenters. The van der Waals surface area contributed by atoms with E-state index in [4.69, 9.17) is 10.00 Å². The third-order valence-electron chi connectivity index (χ3n) is 1.75. The van der Waals surface area contributed by atoms with Crippen LogP contribution in [0.5, 0.6) is 5.75 Å². The molecule has 0 amide bonds. The Morgan fingerprint density at radius 2 is 1.94 bits per heavy atom. The van der Waals surface area contributed by atoms with Crippen molar-refractivity contribution in [3.05, 3.63) is 29.8 Å². The van der Waals surface area contributed by atoms with Crippen LogP contribution in [0, 0.1) is 0 Å². The van der Waals surface area contributed by atoms with Gasteiger partial charge in [0.05, 0.1) is 0 Å². The zero-order valence-corrected chi connectivity index (χ0v) is 9.39. The Hall–Kier alpha value is -1.52. The van der Waals surface area contributed by atoms with Crippen LogP contribution in [0.4, 0.5) is 4.79 Å². The van der Waals surface area contributed by atoms with Crippen LogP contribution in [0.1, 0.15) is 12.5 Å². The topological polar surface area (TPSA) is 93.1 Å². The van der Waals surface area contributed by atoms with Gasteiger partial charge in [-0.2, -0.15) is 0 Å². The van der Waals surface area contributed by atoms with Crippen LogP contribution in [0.15, 0.2) is 24.3 Å². The summed E-state index contributed by atoms with van der Waals surface area (Å²) in [4.78, 5) is 19.1. The van der Waals surface area contributed by atoms with E-state index in [1.165, 1.54) is 12.1 Å². The van der Waals surface area contributed by atoms with Gasteiger partial charge in [-0.3, -0.25) is 4.89 Å². The Kier molecular flexibility index (Phi) is 3.93. The predicted octanol–water partition coefficient (Wildman–Crippen LogP) is 2.42. The van der Waals surface area contributed by atoms with Crippen molar-refractivity contribution in [2.45, 2.75) is 13.3 Å². The molecule has 88 valence electrons. The first-order valence-corrected chi connectivity index (χ1v) is 5.96. The number of hydrogen-bond donors (Lipinski definition) is 2. The van der Waals surface area contributed by atoms with E-state index < -0.39 is 14.0 Å². The summed E-state index contributed by atoms with van der Waals surface area (Å²) in [5.74, 6) is 0.0734. The molecular weight excluding hydrogens is 235 g/mol. The normalized spacial score (nSPS) is 13.9. The molecule has 0 aliphatic heterocycles. The molecule has 0 fully saturated rings. The molecular formula is C9H11O6P. The first-order chi connectivity index (χ1) is 7.43. The second-order valence-corrected chi connectivity index (χ2v) is 4.22. The highest BCUT2D eigenvalue weighted by Crippen LogP contribution is 2.43. The highest BCUT2D eigenvalue weighted by atomic mass is 31.2. The number of rotatable bonds is 4. The second-order valence-electron chi connectivity index (χ2n) is 2.91. The third kappa shape index (κ3) is 3.92. The van der Waals surface area contributed by atoms with Gasteiger partial charge < -0.3 is 14.2 Å². The van der Waals surface area contributed by atoms with Crippen molar-refractivity contribution in [3.63, 3.8) is 0 Å². The molecule has 0 saturated heterocycles. The smallest absolute Gasteiger partial charge is 0.449 e. The highest BCUT2D eigenvalue weighted by molar-refractivity contribution is 7.48. The summed E-state index contributed by atoms with van der Waals surface area (Å²) in [6.07, 6.45) is -1.04. The average Bonchev–Trinajstić information content (AvgIpc) is 2.16. The molecule has 0 aromatic heterocycles. The van der Waals surface area contributed by atoms with Crippen molar-refractivity contribution in [2.75, 3.05) is 0 Å². The van der Waals surface area contributed by atoms with Gasteiger partial charge in [-0.25, -0.2) is 9.36 Å². The Balaban J connectivity index is 2.72. The molecule has 0 radical (unpaired) electrons. The third-order valence-corrected chi connectivity index (χ3v) is 2.57. The lowest BCUT2D eigenvalue weighted by atomic mass is 10.2. The summed E-state index contributed by atoms with van der Waals surface area (Å²) in [6.45, 7) is 1.96. The van der Waals surface area contributed by atoms with Crippen LogP contribution in [0.2, 0.25) is 0 Å². The summed E-state index contributed by atoms with van der Waals surface area (Å²) in [5.41, 5.74) is 1.03. The molecule has 1 unspecified atom stereocenters. The van der Waals surface area contributed by atoms with E-state index in [9.17, 15) is 9.36 Å². The first-order valence-electron chi connectivity index (χ1n) is 4.47. The second kappa shape index (κ2) is 5.01. The minimum atomic E-state index is -4.59. The molecule has 1 rings (SSSR count). The number of benzene rings is 1. The van der Waals surface area contributed by atoms with E-state index in [2.05, 4.69) is 9.05 Å². The van der Waals surface area contributed by atoms with Gasteiger partial charge in [0.15, 0.2) is 0 Å².